The number of amides is 2. The summed E-state index contributed by atoms with van der Waals surface area (Å²) in [5, 5.41) is 11.0. The summed E-state index contributed by atoms with van der Waals surface area (Å²) in [5.74, 6) is -3.65. The number of nitrogens with two attached hydrogens (primary N) is 1. The van der Waals surface area contributed by atoms with Crippen LogP contribution in [0, 0.1) is 17.1 Å². The average molecular weight is 349 g/mol. The Morgan fingerprint density at radius 3 is 2.62 bits per heavy atom. The fourth-order valence-electron chi connectivity index (χ4n) is 2.03. The van der Waals surface area contributed by atoms with Crippen molar-refractivity contribution in [2.75, 3.05) is 5.32 Å². The molecule has 0 saturated carbocycles. The second-order valence-corrected chi connectivity index (χ2v) is 5.15. The third-order valence-corrected chi connectivity index (χ3v) is 3.53. The third kappa shape index (κ3) is 3.11. The van der Waals surface area contributed by atoms with Gasteiger partial charge in [-0.3, -0.25) is 14.4 Å². The summed E-state index contributed by atoms with van der Waals surface area (Å²) < 4.78 is 14.5. The van der Waals surface area contributed by atoms with Gasteiger partial charge in [-0.2, -0.15) is 5.26 Å². The number of aryl methyl sites for hydroxylation is 1. The third-order valence-electron chi connectivity index (χ3n) is 3.15. The Hall–Kier alpha value is -3.18. The van der Waals surface area contributed by atoms with Crippen LogP contribution in [0.1, 0.15) is 26.4 Å². The Morgan fingerprint density at radius 1 is 1.38 bits per heavy atom. The molecule has 0 aliphatic carbocycles. The lowest BCUT2D eigenvalue weighted by Crippen LogP contribution is -2.23. The van der Waals surface area contributed by atoms with Crippen molar-refractivity contribution in [3.63, 3.8) is 0 Å². The fraction of sp³-hybridized carbons (Fsp3) is 0.0667. The molecule has 24 heavy (non-hydrogen) atoms. The van der Waals surface area contributed by atoms with Crippen molar-refractivity contribution in [1.29, 1.82) is 5.26 Å². The number of carbonyl (C=O) groups is 3. The Labute approximate surface area is 140 Å². The van der Waals surface area contributed by atoms with Crippen LogP contribution in [0.3, 0.4) is 0 Å². The zero-order chi connectivity index (χ0) is 18.0. The predicted octanol–water partition coefficient (Wildman–Crippen LogP) is 1.61. The standard InChI is InChI=1S/C15H10ClFN4O3/c1-21-6-9(13(22)14(19)23)11(16)12(21)15(24)20-8-2-3-10(17)7(4-8)5-18/h2-4,6H,1H3,(H2,19,23)(H,20,24). The van der Waals surface area contributed by atoms with Gasteiger partial charge in [0.25, 0.3) is 17.6 Å². The first-order chi connectivity index (χ1) is 11.3. The van der Waals surface area contributed by atoms with Gasteiger partial charge in [-0.1, -0.05) is 11.6 Å². The second-order valence-electron chi connectivity index (χ2n) is 4.77. The van der Waals surface area contributed by atoms with E-state index in [1.165, 1.54) is 23.9 Å². The van der Waals surface area contributed by atoms with Gasteiger partial charge in [0.15, 0.2) is 0 Å². The van der Waals surface area contributed by atoms with Gasteiger partial charge in [0, 0.05) is 18.9 Å². The molecule has 0 atom stereocenters. The zero-order valence-electron chi connectivity index (χ0n) is 12.3. The molecule has 2 aromatic rings. The lowest BCUT2D eigenvalue weighted by molar-refractivity contribution is -0.114. The smallest absolute Gasteiger partial charge is 0.289 e. The molecule has 3 N–H and O–H groups in total. The monoisotopic (exact) mass is 348 g/mol. The number of benzene rings is 1. The van der Waals surface area contributed by atoms with Crippen LogP contribution in [0.15, 0.2) is 24.4 Å². The van der Waals surface area contributed by atoms with Crippen LogP contribution < -0.4 is 11.1 Å². The first-order valence-electron chi connectivity index (χ1n) is 6.46. The van der Waals surface area contributed by atoms with Crippen molar-refractivity contribution in [1.82, 2.24) is 4.57 Å². The normalized spacial score (nSPS) is 10.1. The molecule has 7 nitrogen and oxygen atoms in total. The SMILES string of the molecule is Cn1cc(C(=O)C(N)=O)c(Cl)c1C(=O)Nc1ccc(F)c(C#N)c1. The number of nitriles is 1. The van der Waals surface area contributed by atoms with Crippen LogP contribution >= 0.6 is 11.6 Å². The van der Waals surface area contributed by atoms with Gasteiger partial charge < -0.3 is 15.6 Å². The van der Waals surface area contributed by atoms with Crippen LogP contribution in [0.4, 0.5) is 10.1 Å². The molecule has 0 fully saturated rings. The highest BCUT2D eigenvalue weighted by atomic mass is 35.5. The highest BCUT2D eigenvalue weighted by Crippen LogP contribution is 2.25. The van der Waals surface area contributed by atoms with Gasteiger partial charge in [0.05, 0.1) is 16.1 Å². The van der Waals surface area contributed by atoms with E-state index in [0.717, 1.165) is 12.1 Å². The van der Waals surface area contributed by atoms with Crippen LogP contribution in [0.5, 0.6) is 0 Å². The van der Waals surface area contributed by atoms with Crippen molar-refractivity contribution < 1.29 is 18.8 Å². The van der Waals surface area contributed by atoms with E-state index in [1.54, 1.807) is 6.07 Å². The summed E-state index contributed by atoms with van der Waals surface area (Å²) in [6, 6.07) is 5.10. The minimum Gasteiger partial charge on any atom is -0.363 e. The topological polar surface area (TPSA) is 118 Å². The number of anilines is 1. The predicted molar refractivity (Wildman–Crippen MR) is 83.0 cm³/mol. The molecular weight excluding hydrogens is 339 g/mol. The molecule has 0 aliphatic rings. The van der Waals surface area contributed by atoms with E-state index < -0.39 is 23.4 Å². The minimum atomic E-state index is -1.20. The van der Waals surface area contributed by atoms with Gasteiger partial charge in [0.1, 0.15) is 17.6 Å². The summed E-state index contributed by atoms with van der Waals surface area (Å²) in [6.07, 6.45) is 1.20. The first-order valence-corrected chi connectivity index (χ1v) is 6.84. The first kappa shape index (κ1) is 17.2. The Bertz CT molecular complexity index is 914. The number of hydrogen-bond donors (Lipinski definition) is 2. The summed E-state index contributed by atoms with van der Waals surface area (Å²) in [5.41, 5.74) is 4.55. The molecule has 0 saturated heterocycles. The number of nitrogens with zero attached hydrogens (tertiary/aromatic N) is 2. The number of halogens is 2. The lowest BCUT2D eigenvalue weighted by Gasteiger charge is -2.07. The highest BCUT2D eigenvalue weighted by Gasteiger charge is 2.25. The maximum atomic E-state index is 13.3. The summed E-state index contributed by atoms with van der Waals surface area (Å²) in [4.78, 5) is 35.0. The van der Waals surface area contributed by atoms with E-state index in [9.17, 15) is 18.8 Å². The molecule has 0 radical (unpaired) electrons. The van der Waals surface area contributed by atoms with E-state index in [0.29, 0.717) is 0 Å². The molecule has 1 aromatic heterocycles. The Balaban J connectivity index is 2.36. The zero-order valence-corrected chi connectivity index (χ0v) is 13.0. The van der Waals surface area contributed by atoms with Crippen LogP contribution in [-0.2, 0) is 11.8 Å². The molecule has 9 heteroatoms. The van der Waals surface area contributed by atoms with Crippen molar-refractivity contribution in [3.05, 3.63) is 52.1 Å². The van der Waals surface area contributed by atoms with Gasteiger partial charge in [0.2, 0.25) is 0 Å². The number of nitrogens with one attached hydrogen (secondary N) is 1. The van der Waals surface area contributed by atoms with Crippen LogP contribution in [0.2, 0.25) is 5.02 Å². The van der Waals surface area contributed by atoms with Crippen molar-refractivity contribution in [2.45, 2.75) is 0 Å². The summed E-state index contributed by atoms with van der Waals surface area (Å²) in [7, 11) is 1.45. The molecule has 0 unspecified atom stereocenters. The van der Waals surface area contributed by atoms with Gasteiger partial charge in [-0.25, -0.2) is 4.39 Å². The Morgan fingerprint density at radius 2 is 2.04 bits per heavy atom. The minimum absolute atomic E-state index is 0.0934. The van der Waals surface area contributed by atoms with Crippen LogP contribution in [-0.4, -0.2) is 22.2 Å². The fourth-order valence-corrected chi connectivity index (χ4v) is 2.38. The number of carbonyl (C=O) groups excluding carboxylic acids is 3. The van der Waals surface area contributed by atoms with Crippen LogP contribution in [0.25, 0.3) is 0 Å². The number of hydrogen-bond acceptors (Lipinski definition) is 4. The summed E-state index contributed by atoms with van der Waals surface area (Å²) in [6.45, 7) is 0. The second kappa shape index (κ2) is 6.52. The van der Waals surface area contributed by atoms with Gasteiger partial charge >= 0.3 is 0 Å². The van der Waals surface area contributed by atoms with Crippen molar-refractivity contribution in [3.8, 4) is 6.07 Å². The number of ketones is 1. The largest absolute Gasteiger partial charge is 0.363 e. The van der Waals surface area contributed by atoms with Gasteiger partial charge in [-0.05, 0) is 18.2 Å². The Kier molecular flexibility index (Phi) is 4.66. The lowest BCUT2D eigenvalue weighted by atomic mass is 10.2. The van der Waals surface area contributed by atoms with Gasteiger partial charge in [-0.15, -0.1) is 0 Å². The molecule has 1 heterocycles. The van der Waals surface area contributed by atoms with E-state index in [2.05, 4.69) is 5.32 Å². The van der Waals surface area contributed by atoms with E-state index in [-0.39, 0.29) is 27.5 Å². The molecule has 0 aliphatic heterocycles. The number of primary amides is 1. The number of Topliss-reactive ketones (excluding diaryl/α,β-unsaturated/α-hetero) is 1. The molecule has 0 bridgehead atoms. The quantitative estimate of drug-likeness (QED) is 0.644. The average Bonchev–Trinajstić information content (AvgIpc) is 2.82. The number of aromatic nitrogens is 1. The molecule has 0 spiro atoms. The van der Waals surface area contributed by atoms with E-state index in [1.807, 2.05) is 0 Å². The molecule has 2 rings (SSSR count). The van der Waals surface area contributed by atoms with Crippen molar-refractivity contribution >= 4 is 34.9 Å². The number of rotatable bonds is 4. The van der Waals surface area contributed by atoms with E-state index >= 15 is 0 Å². The molecular formula is C15H10ClFN4O3. The molecule has 122 valence electrons. The van der Waals surface area contributed by atoms with E-state index in [4.69, 9.17) is 22.6 Å². The summed E-state index contributed by atoms with van der Waals surface area (Å²) >= 11 is 5.99. The molecule has 2 amide bonds. The maximum absolute atomic E-state index is 13.3. The maximum Gasteiger partial charge on any atom is 0.289 e. The molecule has 1 aromatic carbocycles. The van der Waals surface area contributed by atoms with Crippen molar-refractivity contribution in [2.24, 2.45) is 12.8 Å². The highest BCUT2D eigenvalue weighted by molar-refractivity contribution is 6.47.